The van der Waals surface area contributed by atoms with E-state index in [9.17, 15) is 20.2 Å². The molecular weight excluding hydrogens is 448 g/mol. The van der Waals surface area contributed by atoms with Gasteiger partial charge in [0.15, 0.2) is 0 Å². The summed E-state index contributed by atoms with van der Waals surface area (Å²) in [4.78, 5) is 22.5. The van der Waals surface area contributed by atoms with Gasteiger partial charge in [-0.05, 0) is 78.2 Å². The Morgan fingerprint density at radius 1 is 0.600 bits per heavy atom. The van der Waals surface area contributed by atoms with Crippen LogP contribution in [0.5, 0.6) is 0 Å². The number of hydrogen-bond acceptors (Lipinski definition) is 8. The average Bonchev–Trinajstić information content (AvgIpc) is 2.83. The fourth-order valence-corrected chi connectivity index (χ4v) is 3.57. The summed E-state index contributed by atoms with van der Waals surface area (Å²) in [5.41, 5.74) is 15.6. The lowest BCUT2D eigenvalue weighted by atomic mass is 10.0. The molecule has 0 aliphatic heterocycles. The normalized spacial score (nSPS) is 10.5. The van der Waals surface area contributed by atoms with Crippen molar-refractivity contribution in [3.05, 3.63) is 116 Å². The third-order valence-corrected chi connectivity index (χ3v) is 5.31. The van der Waals surface area contributed by atoms with Crippen LogP contribution >= 0.6 is 0 Å². The molecule has 0 aliphatic rings. The van der Waals surface area contributed by atoms with Gasteiger partial charge in [-0.1, -0.05) is 12.1 Å². The minimum absolute atomic E-state index is 0.101. The van der Waals surface area contributed by atoms with E-state index in [1.165, 1.54) is 12.1 Å². The van der Waals surface area contributed by atoms with Crippen molar-refractivity contribution in [2.75, 3.05) is 22.1 Å². The molecule has 0 bridgehead atoms. The van der Waals surface area contributed by atoms with E-state index in [2.05, 4.69) is 10.6 Å². The number of nitrogens with zero attached hydrogens (tertiary/aromatic N) is 2. The smallest absolute Gasteiger partial charge is 0.292 e. The Balaban J connectivity index is 1.57. The van der Waals surface area contributed by atoms with Gasteiger partial charge in [0.05, 0.1) is 9.85 Å². The van der Waals surface area contributed by atoms with Crippen LogP contribution in [0.25, 0.3) is 0 Å². The SMILES string of the molecule is Nc1ccc(Nc2ccc(Cc3ccc(Nc4ccc(N)cc4)c([N+](=O)[O-])c3)cc2[N+](=O)[O-])cc1. The number of nitrogens with one attached hydrogen (secondary N) is 2. The summed E-state index contributed by atoms with van der Waals surface area (Å²) in [5.74, 6) is 0. The Labute approximate surface area is 200 Å². The molecule has 6 N–H and O–H groups in total. The van der Waals surface area contributed by atoms with Crippen LogP contribution in [0, 0.1) is 20.2 Å². The second-order valence-electron chi connectivity index (χ2n) is 7.89. The number of nitro groups is 2. The minimum Gasteiger partial charge on any atom is -0.399 e. The average molecular weight is 470 g/mol. The number of nitrogen functional groups attached to an aromatic ring is 2. The molecule has 176 valence electrons. The number of hydrogen-bond donors (Lipinski definition) is 4. The molecule has 0 radical (unpaired) electrons. The van der Waals surface area contributed by atoms with E-state index in [1.54, 1.807) is 72.8 Å². The first-order valence-corrected chi connectivity index (χ1v) is 10.6. The second kappa shape index (κ2) is 9.79. The van der Waals surface area contributed by atoms with Gasteiger partial charge in [-0.15, -0.1) is 0 Å². The van der Waals surface area contributed by atoms with Crippen LogP contribution in [0.3, 0.4) is 0 Å². The molecule has 0 saturated heterocycles. The fourth-order valence-electron chi connectivity index (χ4n) is 3.57. The summed E-state index contributed by atoms with van der Waals surface area (Å²) in [5, 5.41) is 29.4. The van der Waals surface area contributed by atoms with Crippen molar-refractivity contribution in [3.63, 3.8) is 0 Å². The van der Waals surface area contributed by atoms with Gasteiger partial charge in [0.2, 0.25) is 0 Å². The molecule has 4 aromatic rings. The zero-order valence-corrected chi connectivity index (χ0v) is 18.5. The summed E-state index contributed by atoms with van der Waals surface area (Å²) >= 11 is 0. The highest BCUT2D eigenvalue weighted by Crippen LogP contribution is 2.32. The van der Waals surface area contributed by atoms with Crippen LogP contribution in [0.2, 0.25) is 0 Å². The van der Waals surface area contributed by atoms with Crippen molar-refractivity contribution in [2.24, 2.45) is 0 Å². The Kier molecular flexibility index (Phi) is 6.45. The molecule has 0 saturated carbocycles. The molecule has 35 heavy (non-hydrogen) atoms. The molecule has 0 aliphatic carbocycles. The van der Waals surface area contributed by atoms with E-state index in [0.717, 1.165) is 0 Å². The maximum atomic E-state index is 11.7. The predicted octanol–water partition coefficient (Wildman–Crippen LogP) is 5.75. The molecule has 0 atom stereocenters. The summed E-state index contributed by atoms with van der Waals surface area (Å²) in [6.07, 6.45) is 0.284. The number of benzene rings is 4. The fraction of sp³-hybridized carbons (Fsp3) is 0.0400. The second-order valence-corrected chi connectivity index (χ2v) is 7.89. The van der Waals surface area contributed by atoms with E-state index >= 15 is 0 Å². The molecular formula is C25H22N6O4. The van der Waals surface area contributed by atoms with Gasteiger partial charge in [-0.3, -0.25) is 20.2 Å². The highest BCUT2D eigenvalue weighted by Gasteiger charge is 2.18. The van der Waals surface area contributed by atoms with Gasteiger partial charge in [0.1, 0.15) is 11.4 Å². The lowest BCUT2D eigenvalue weighted by molar-refractivity contribution is -0.384. The molecule has 0 spiro atoms. The van der Waals surface area contributed by atoms with Crippen LogP contribution in [-0.4, -0.2) is 9.85 Å². The number of nitrogens with two attached hydrogens (primary N) is 2. The summed E-state index contributed by atoms with van der Waals surface area (Å²) in [7, 11) is 0. The van der Waals surface area contributed by atoms with E-state index < -0.39 is 9.85 Å². The minimum atomic E-state index is -0.467. The largest absolute Gasteiger partial charge is 0.399 e. The van der Waals surface area contributed by atoms with Crippen LogP contribution in [0.15, 0.2) is 84.9 Å². The van der Waals surface area contributed by atoms with Gasteiger partial charge in [-0.2, -0.15) is 0 Å². The quantitative estimate of drug-likeness (QED) is 0.144. The van der Waals surface area contributed by atoms with E-state index in [4.69, 9.17) is 11.5 Å². The number of nitro benzene ring substituents is 2. The maximum Gasteiger partial charge on any atom is 0.292 e. The summed E-state index contributed by atoms with van der Waals surface area (Å²) in [6, 6.07) is 23.4. The standard InChI is InChI=1S/C25H22N6O4/c26-18-3-7-20(8-4-18)28-22-11-1-16(14-24(22)30(32)33)13-17-2-12-23(25(15-17)31(34)35)29-21-9-5-19(27)6-10-21/h1-12,14-15,28-29H,13,26-27H2. The molecule has 0 heterocycles. The molecule has 0 fully saturated rings. The van der Waals surface area contributed by atoms with Crippen LogP contribution in [0.4, 0.5) is 45.5 Å². The monoisotopic (exact) mass is 470 g/mol. The van der Waals surface area contributed by atoms with Crippen LogP contribution in [-0.2, 0) is 6.42 Å². The highest BCUT2D eigenvalue weighted by atomic mass is 16.6. The third-order valence-electron chi connectivity index (χ3n) is 5.31. The van der Waals surface area contributed by atoms with Crippen molar-refractivity contribution in [1.82, 2.24) is 0 Å². The number of rotatable bonds is 8. The van der Waals surface area contributed by atoms with Crippen LogP contribution in [0.1, 0.15) is 11.1 Å². The topological polar surface area (TPSA) is 162 Å². The lowest BCUT2D eigenvalue weighted by Gasteiger charge is -2.11. The van der Waals surface area contributed by atoms with Gasteiger partial charge in [0.25, 0.3) is 11.4 Å². The first kappa shape index (κ1) is 23.1. The van der Waals surface area contributed by atoms with E-state index in [1.807, 2.05) is 0 Å². The molecule has 10 heteroatoms. The number of anilines is 6. The Morgan fingerprint density at radius 2 is 0.971 bits per heavy atom. The summed E-state index contributed by atoms with van der Waals surface area (Å²) in [6.45, 7) is 0. The molecule has 4 rings (SSSR count). The highest BCUT2D eigenvalue weighted by molar-refractivity contribution is 5.72. The molecule has 0 amide bonds. The van der Waals surface area contributed by atoms with Crippen molar-refractivity contribution in [2.45, 2.75) is 6.42 Å². The van der Waals surface area contributed by atoms with E-state index in [0.29, 0.717) is 45.3 Å². The summed E-state index contributed by atoms with van der Waals surface area (Å²) < 4.78 is 0. The van der Waals surface area contributed by atoms with Crippen LogP contribution < -0.4 is 22.1 Å². The van der Waals surface area contributed by atoms with E-state index in [-0.39, 0.29) is 17.8 Å². The first-order chi connectivity index (χ1) is 16.8. The van der Waals surface area contributed by atoms with Crippen molar-refractivity contribution in [3.8, 4) is 0 Å². The zero-order valence-electron chi connectivity index (χ0n) is 18.5. The first-order valence-electron chi connectivity index (χ1n) is 10.6. The maximum absolute atomic E-state index is 11.7. The van der Waals surface area contributed by atoms with Crippen molar-refractivity contribution >= 4 is 45.5 Å². The Hall–Kier alpha value is -5.12. The van der Waals surface area contributed by atoms with Crippen molar-refractivity contribution < 1.29 is 9.85 Å². The molecule has 0 aromatic heterocycles. The lowest BCUT2D eigenvalue weighted by Crippen LogP contribution is -2.01. The molecule has 0 unspecified atom stereocenters. The van der Waals surface area contributed by atoms with Gasteiger partial charge in [-0.25, -0.2) is 0 Å². The van der Waals surface area contributed by atoms with Gasteiger partial charge >= 0.3 is 0 Å². The molecule has 4 aromatic carbocycles. The molecule has 10 nitrogen and oxygen atoms in total. The van der Waals surface area contributed by atoms with Gasteiger partial charge in [0, 0.05) is 34.9 Å². The van der Waals surface area contributed by atoms with Crippen molar-refractivity contribution in [1.29, 1.82) is 0 Å². The zero-order chi connectivity index (χ0) is 24.9. The Bertz CT molecular complexity index is 1280. The predicted molar refractivity (Wildman–Crippen MR) is 137 cm³/mol. The third kappa shape index (κ3) is 5.63. The van der Waals surface area contributed by atoms with Gasteiger partial charge < -0.3 is 22.1 Å². The Morgan fingerprint density at radius 3 is 1.31 bits per heavy atom.